The molecule has 16 heavy (non-hydrogen) atoms. The summed E-state index contributed by atoms with van der Waals surface area (Å²) in [5.41, 5.74) is 1.05. The van der Waals surface area contributed by atoms with E-state index < -0.39 is 0 Å². The zero-order chi connectivity index (χ0) is 11.4. The van der Waals surface area contributed by atoms with E-state index in [2.05, 4.69) is 22.3 Å². The first kappa shape index (κ1) is 11.6. The lowest BCUT2D eigenvalue weighted by Gasteiger charge is -2.26. The van der Waals surface area contributed by atoms with Crippen LogP contribution in [0.3, 0.4) is 0 Å². The van der Waals surface area contributed by atoms with Crippen LogP contribution < -0.4 is 5.32 Å². The van der Waals surface area contributed by atoms with Crippen LogP contribution >= 0.6 is 0 Å². The van der Waals surface area contributed by atoms with Gasteiger partial charge in [0.05, 0.1) is 5.69 Å². The molecule has 1 aliphatic rings. The summed E-state index contributed by atoms with van der Waals surface area (Å²) in [5, 5.41) is 7.49. The predicted octanol–water partition coefficient (Wildman–Crippen LogP) is 1.56. The zero-order valence-electron chi connectivity index (χ0n) is 10.2. The lowest BCUT2D eigenvalue weighted by molar-refractivity contribution is 0.194. The highest BCUT2D eigenvalue weighted by atomic mass is 16.5. The van der Waals surface area contributed by atoms with Gasteiger partial charge in [0.1, 0.15) is 5.76 Å². The van der Waals surface area contributed by atoms with Crippen LogP contribution in [-0.2, 0) is 6.54 Å². The van der Waals surface area contributed by atoms with Crippen LogP contribution in [0.15, 0.2) is 10.6 Å². The van der Waals surface area contributed by atoms with E-state index in [0.717, 1.165) is 37.6 Å². The Labute approximate surface area is 97.0 Å². The lowest BCUT2D eigenvalue weighted by atomic mass is 10.2. The fourth-order valence-corrected chi connectivity index (χ4v) is 2.33. The van der Waals surface area contributed by atoms with E-state index in [4.69, 9.17) is 4.52 Å². The standard InChI is InChI=1S/C12H21N3O/c1-3-6-15(12-4-5-13-8-12)9-11-7-10(2)16-14-11/h7,12-13H,3-6,8-9H2,1-2H3. The number of aryl methyl sites for hydroxylation is 1. The van der Waals surface area contributed by atoms with Crippen molar-refractivity contribution in [2.45, 2.75) is 39.3 Å². The van der Waals surface area contributed by atoms with Crippen molar-refractivity contribution in [3.05, 3.63) is 17.5 Å². The van der Waals surface area contributed by atoms with E-state index in [9.17, 15) is 0 Å². The molecule has 1 unspecified atom stereocenters. The van der Waals surface area contributed by atoms with E-state index in [-0.39, 0.29) is 0 Å². The van der Waals surface area contributed by atoms with Crippen molar-refractivity contribution in [2.75, 3.05) is 19.6 Å². The third-order valence-electron chi connectivity index (χ3n) is 3.10. The maximum absolute atomic E-state index is 5.11. The Balaban J connectivity index is 1.96. The summed E-state index contributed by atoms with van der Waals surface area (Å²) in [6.45, 7) is 8.47. The molecule has 1 fully saturated rings. The Hall–Kier alpha value is -0.870. The second-order valence-electron chi connectivity index (χ2n) is 4.55. The van der Waals surface area contributed by atoms with Crippen molar-refractivity contribution in [1.82, 2.24) is 15.4 Å². The molecule has 1 aromatic heterocycles. The summed E-state index contributed by atoms with van der Waals surface area (Å²) in [4.78, 5) is 2.51. The normalized spacial score (nSPS) is 20.8. The fourth-order valence-electron chi connectivity index (χ4n) is 2.33. The minimum atomic E-state index is 0.664. The number of rotatable bonds is 5. The molecular formula is C12H21N3O. The summed E-state index contributed by atoms with van der Waals surface area (Å²) >= 11 is 0. The summed E-state index contributed by atoms with van der Waals surface area (Å²) < 4.78 is 5.11. The molecule has 1 atom stereocenters. The van der Waals surface area contributed by atoms with Crippen LogP contribution in [0.1, 0.15) is 31.2 Å². The highest BCUT2D eigenvalue weighted by molar-refractivity contribution is 5.03. The summed E-state index contributed by atoms with van der Waals surface area (Å²) in [5.74, 6) is 0.899. The summed E-state index contributed by atoms with van der Waals surface area (Å²) in [7, 11) is 0. The molecule has 0 bridgehead atoms. The molecule has 0 saturated carbocycles. The van der Waals surface area contributed by atoms with E-state index in [0.29, 0.717) is 6.04 Å². The van der Waals surface area contributed by atoms with Crippen molar-refractivity contribution in [2.24, 2.45) is 0 Å². The number of hydrogen-bond acceptors (Lipinski definition) is 4. The van der Waals surface area contributed by atoms with Crippen LogP contribution in [0.25, 0.3) is 0 Å². The van der Waals surface area contributed by atoms with Gasteiger partial charge in [-0.3, -0.25) is 4.90 Å². The van der Waals surface area contributed by atoms with Crippen molar-refractivity contribution >= 4 is 0 Å². The maximum Gasteiger partial charge on any atom is 0.133 e. The Kier molecular flexibility index (Phi) is 3.96. The Morgan fingerprint density at radius 2 is 2.50 bits per heavy atom. The van der Waals surface area contributed by atoms with Crippen LogP contribution in [0.5, 0.6) is 0 Å². The van der Waals surface area contributed by atoms with Crippen LogP contribution in [-0.4, -0.2) is 35.7 Å². The molecule has 0 radical (unpaired) electrons. The van der Waals surface area contributed by atoms with E-state index in [1.54, 1.807) is 0 Å². The SMILES string of the molecule is CCCN(Cc1cc(C)on1)C1CCNC1. The van der Waals surface area contributed by atoms with E-state index >= 15 is 0 Å². The first-order valence-electron chi connectivity index (χ1n) is 6.16. The third-order valence-corrected chi connectivity index (χ3v) is 3.10. The molecule has 90 valence electrons. The van der Waals surface area contributed by atoms with Gasteiger partial charge in [-0.25, -0.2) is 0 Å². The summed E-state index contributed by atoms with van der Waals surface area (Å²) in [6, 6.07) is 2.70. The zero-order valence-corrected chi connectivity index (χ0v) is 10.2. The van der Waals surface area contributed by atoms with Crippen LogP contribution in [0.4, 0.5) is 0 Å². The van der Waals surface area contributed by atoms with Gasteiger partial charge < -0.3 is 9.84 Å². The van der Waals surface area contributed by atoms with Gasteiger partial charge in [0.15, 0.2) is 0 Å². The number of aromatic nitrogens is 1. The maximum atomic E-state index is 5.11. The molecule has 1 N–H and O–H groups in total. The molecule has 0 aromatic carbocycles. The monoisotopic (exact) mass is 223 g/mol. The number of hydrogen-bond donors (Lipinski definition) is 1. The topological polar surface area (TPSA) is 41.3 Å². The van der Waals surface area contributed by atoms with Crippen molar-refractivity contribution < 1.29 is 4.52 Å². The van der Waals surface area contributed by atoms with Gasteiger partial charge in [-0.2, -0.15) is 0 Å². The summed E-state index contributed by atoms with van der Waals surface area (Å²) in [6.07, 6.45) is 2.43. The average Bonchev–Trinajstić information content (AvgIpc) is 2.88. The van der Waals surface area contributed by atoms with Gasteiger partial charge in [-0.1, -0.05) is 12.1 Å². The lowest BCUT2D eigenvalue weighted by Crippen LogP contribution is -2.37. The van der Waals surface area contributed by atoms with E-state index in [1.807, 2.05) is 13.0 Å². The second-order valence-corrected chi connectivity index (χ2v) is 4.55. The van der Waals surface area contributed by atoms with Crippen molar-refractivity contribution in [3.63, 3.8) is 0 Å². The molecule has 2 heterocycles. The molecule has 0 amide bonds. The van der Waals surface area contributed by atoms with Gasteiger partial charge in [0.2, 0.25) is 0 Å². The number of nitrogens with zero attached hydrogens (tertiary/aromatic N) is 2. The molecule has 2 rings (SSSR count). The smallest absolute Gasteiger partial charge is 0.133 e. The van der Waals surface area contributed by atoms with Gasteiger partial charge >= 0.3 is 0 Å². The predicted molar refractivity (Wildman–Crippen MR) is 63.2 cm³/mol. The quantitative estimate of drug-likeness (QED) is 0.822. The van der Waals surface area contributed by atoms with Crippen LogP contribution in [0, 0.1) is 6.92 Å². The highest BCUT2D eigenvalue weighted by Gasteiger charge is 2.22. The van der Waals surface area contributed by atoms with E-state index in [1.165, 1.54) is 12.8 Å². The third kappa shape index (κ3) is 2.83. The van der Waals surface area contributed by atoms with Gasteiger partial charge in [0, 0.05) is 25.2 Å². The molecule has 1 aromatic rings. The van der Waals surface area contributed by atoms with Gasteiger partial charge in [-0.05, 0) is 32.9 Å². The number of nitrogens with one attached hydrogen (secondary N) is 1. The van der Waals surface area contributed by atoms with Gasteiger partial charge in [0.25, 0.3) is 0 Å². The molecular weight excluding hydrogens is 202 g/mol. The second kappa shape index (κ2) is 5.46. The fraction of sp³-hybridized carbons (Fsp3) is 0.750. The highest BCUT2D eigenvalue weighted by Crippen LogP contribution is 2.13. The minimum absolute atomic E-state index is 0.664. The molecule has 1 saturated heterocycles. The molecule has 4 heteroatoms. The minimum Gasteiger partial charge on any atom is -0.361 e. The van der Waals surface area contributed by atoms with Crippen molar-refractivity contribution in [1.29, 1.82) is 0 Å². The Bertz CT molecular complexity index is 318. The molecule has 1 aliphatic heterocycles. The Morgan fingerprint density at radius 1 is 1.62 bits per heavy atom. The largest absolute Gasteiger partial charge is 0.361 e. The molecule has 0 aliphatic carbocycles. The first-order valence-corrected chi connectivity index (χ1v) is 6.16. The van der Waals surface area contributed by atoms with Crippen molar-refractivity contribution in [3.8, 4) is 0 Å². The van der Waals surface area contributed by atoms with Crippen LogP contribution in [0.2, 0.25) is 0 Å². The molecule has 0 spiro atoms. The molecule has 4 nitrogen and oxygen atoms in total. The van der Waals surface area contributed by atoms with Gasteiger partial charge in [-0.15, -0.1) is 0 Å². The average molecular weight is 223 g/mol. The Morgan fingerprint density at radius 3 is 3.06 bits per heavy atom. The first-order chi connectivity index (χ1) is 7.79.